The van der Waals surface area contributed by atoms with E-state index in [0.717, 1.165) is 5.75 Å². The number of carbonyl (C=O) groups is 2. The standard InChI is InChI=1S/C7H9NO3S/c1-11-7(10)6-5(8-4-9)2-3-12-6/h4H,2-3H2,1H3,(H,8,9). The van der Waals surface area contributed by atoms with E-state index in [1.165, 1.54) is 18.9 Å². The minimum Gasteiger partial charge on any atom is -0.465 e. The van der Waals surface area contributed by atoms with Gasteiger partial charge in [0.2, 0.25) is 6.41 Å². The van der Waals surface area contributed by atoms with Crippen LogP contribution in [0.5, 0.6) is 0 Å². The average molecular weight is 187 g/mol. The van der Waals surface area contributed by atoms with E-state index in [2.05, 4.69) is 10.1 Å². The van der Waals surface area contributed by atoms with E-state index >= 15 is 0 Å². The maximum atomic E-state index is 11.0. The molecule has 5 heteroatoms. The Morgan fingerprint density at radius 3 is 3.08 bits per heavy atom. The van der Waals surface area contributed by atoms with Crippen molar-refractivity contribution >= 4 is 24.1 Å². The summed E-state index contributed by atoms with van der Waals surface area (Å²) in [5.74, 6) is 0.447. The van der Waals surface area contributed by atoms with E-state index in [9.17, 15) is 9.59 Å². The first-order valence-electron chi connectivity index (χ1n) is 3.44. The van der Waals surface area contributed by atoms with Crippen molar-refractivity contribution in [2.24, 2.45) is 0 Å². The Bertz CT molecular complexity index is 237. The summed E-state index contributed by atoms with van der Waals surface area (Å²) in [7, 11) is 1.33. The number of ether oxygens (including phenoxy) is 1. The summed E-state index contributed by atoms with van der Waals surface area (Å²) >= 11 is 1.41. The molecule has 1 aliphatic rings. The number of allylic oxidation sites excluding steroid dienone is 1. The van der Waals surface area contributed by atoms with E-state index in [-0.39, 0.29) is 5.97 Å². The van der Waals surface area contributed by atoms with Gasteiger partial charge >= 0.3 is 5.97 Å². The van der Waals surface area contributed by atoms with Gasteiger partial charge in [-0.2, -0.15) is 0 Å². The molecule has 0 aromatic heterocycles. The van der Waals surface area contributed by atoms with Crippen molar-refractivity contribution < 1.29 is 14.3 Å². The molecule has 1 N–H and O–H groups in total. The first-order chi connectivity index (χ1) is 5.79. The lowest BCUT2D eigenvalue weighted by molar-refractivity contribution is -0.135. The summed E-state index contributed by atoms with van der Waals surface area (Å²) in [6, 6.07) is 0. The van der Waals surface area contributed by atoms with Gasteiger partial charge in [0.1, 0.15) is 4.91 Å². The van der Waals surface area contributed by atoms with Crippen molar-refractivity contribution in [1.82, 2.24) is 5.32 Å². The molecule has 0 aliphatic carbocycles. The molecule has 0 aromatic carbocycles. The maximum absolute atomic E-state index is 11.0. The fourth-order valence-electron chi connectivity index (χ4n) is 0.939. The van der Waals surface area contributed by atoms with Crippen LogP contribution in [-0.4, -0.2) is 25.2 Å². The van der Waals surface area contributed by atoms with Gasteiger partial charge < -0.3 is 10.1 Å². The lowest BCUT2D eigenvalue weighted by Gasteiger charge is -2.01. The molecular formula is C7H9NO3S. The number of esters is 1. The van der Waals surface area contributed by atoms with Crippen LogP contribution in [0, 0.1) is 0 Å². The number of nitrogens with one attached hydrogen (secondary N) is 1. The Hall–Kier alpha value is -0.970. The highest BCUT2D eigenvalue weighted by Gasteiger charge is 2.21. The van der Waals surface area contributed by atoms with Crippen LogP contribution < -0.4 is 5.32 Å². The lowest BCUT2D eigenvalue weighted by atomic mass is 10.3. The highest BCUT2D eigenvalue weighted by atomic mass is 32.2. The second-order valence-electron chi connectivity index (χ2n) is 2.16. The Balaban J connectivity index is 2.75. The minimum atomic E-state index is -0.373. The molecule has 1 heterocycles. The van der Waals surface area contributed by atoms with Crippen molar-refractivity contribution in [2.75, 3.05) is 12.9 Å². The zero-order valence-electron chi connectivity index (χ0n) is 6.62. The molecule has 0 saturated heterocycles. The Kier molecular flexibility index (Phi) is 3.16. The number of hydrogen-bond acceptors (Lipinski definition) is 4. The van der Waals surface area contributed by atoms with Gasteiger partial charge in [-0.1, -0.05) is 0 Å². The van der Waals surface area contributed by atoms with E-state index in [0.29, 0.717) is 23.4 Å². The molecule has 0 aromatic rings. The number of hydrogen-bond donors (Lipinski definition) is 1. The van der Waals surface area contributed by atoms with Gasteiger partial charge in [-0.05, 0) is 6.42 Å². The average Bonchev–Trinajstić information content (AvgIpc) is 2.52. The number of amides is 1. The number of thioether (sulfide) groups is 1. The summed E-state index contributed by atoms with van der Waals surface area (Å²) < 4.78 is 4.54. The van der Waals surface area contributed by atoms with Crippen LogP contribution in [0.1, 0.15) is 6.42 Å². The van der Waals surface area contributed by atoms with Gasteiger partial charge in [-0.15, -0.1) is 11.8 Å². The Morgan fingerprint density at radius 2 is 2.50 bits per heavy atom. The first-order valence-corrected chi connectivity index (χ1v) is 4.42. The largest absolute Gasteiger partial charge is 0.465 e. The van der Waals surface area contributed by atoms with Crippen LogP contribution in [0.4, 0.5) is 0 Å². The van der Waals surface area contributed by atoms with Crippen LogP contribution in [-0.2, 0) is 14.3 Å². The van der Waals surface area contributed by atoms with Crippen molar-refractivity contribution in [3.8, 4) is 0 Å². The molecular weight excluding hydrogens is 178 g/mol. The summed E-state index contributed by atoms with van der Waals surface area (Å²) in [4.78, 5) is 21.7. The predicted molar refractivity (Wildman–Crippen MR) is 45.3 cm³/mol. The Labute approximate surface area is 74.3 Å². The topological polar surface area (TPSA) is 55.4 Å². The fraction of sp³-hybridized carbons (Fsp3) is 0.429. The zero-order valence-corrected chi connectivity index (χ0v) is 7.44. The second-order valence-corrected chi connectivity index (χ2v) is 3.27. The molecule has 0 unspecified atom stereocenters. The molecule has 1 amide bonds. The van der Waals surface area contributed by atoms with E-state index in [4.69, 9.17) is 0 Å². The summed E-state index contributed by atoms with van der Waals surface area (Å²) in [6.45, 7) is 0. The van der Waals surface area contributed by atoms with Crippen LogP contribution in [0.3, 0.4) is 0 Å². The number of rotatable bonds is 3. The molecule has 1 aliphatic heterocycles. The molecule has 0 radical (unpaired) electrons. The van der Waals surface area contributed by atoms with Gasteiger partial charge in [0.25, 0.3) is 0 Å². The lowest BCUT2D eigenvalue weighted by Crippen LogP contribution is -2.13. The molecule has 1 rings (SSSR count). The van der Waals surface area contributed by atoms with Gasteiger partial charge in [-0.3, -0.25) is 4.79 Å². The van der Waals surface area contributed by atoms with Crippen molar-refractivity contribution in [3.63, 3.8) is 0 Å². The van der Waals surface area contributed by atoms with Gasteiger partial charge in [0.05, 0.1) is 7.11 Å². The first kappa shape index (κ1) is 9.12. The highest BCUT2D eigenvalue weighted by Crippen LogP contribution is 2.30. The molecule has 66 valence electrons. The molecule has 0 fully saturated rings. The highest BCUT2D eigenvalue weighted by molar-refractivity contribution is 8.04. The van der Waals surface area contributed by atoms with Crippen LogP contribution in [0.2, 0.25) is 0 Å². The third-order valence-electron chi connectivity index (χ3n) is 1.48. The second kappa shape index (κ2) is 4.15. The summed E-state index contributed by atoms with van der Waals surface area (Å²) in [5, 5.41) is 2.49. The van der Waals surface area contributed by atoms with Gasteiger partial charge in [0.15, 0.2) is 0 Å². The van der Waals surface area contributed by atoms with Crippen LogP contribution in [0.25, 0.3) is 0 Å². The molecule has 0 bridgehead atoms. The van der Waals surface area contributed by atoms with Crippen LogP contribution in [0.15, 0.2) is 10.6 Å². The van der Waals surface area contributed by atoms with Crippen molar-refractivity contribution in [2.45, 2.75) is 6.42 Å². The summed E-state index contributed by atoms with van der Waals surface area (Å²) in [5.41, 5.74) is 0.668. The van der Waals surface area contributed by atoms with Crippen molar-refractivity contribution in [1.29, 1.82) is 0 Å². The molecule has 12 heavy (non-hydrogen) atoms. The molecule has 4 nitrogen and oxygen atoms in total. The Morgan fingerprint density at radius 1 is 1.75 bits per heavy atom. The SMILES string of the molecule is COC(=O)C1=C(NC=O)CCS1. The quantitative estimate of drug-likeness (QED) is 0.508. The maximum Gasteiger partial charge on any atom is 0.346 e. The van der Waals surface area contributed by atoms with Crippen molar-refractivity contribution in [3.05, 3.63) is 10.6 Å². The zero-order chi connectivity index (χ0) is 8.97. The third-order valence-corrected chi connectivity index (χ3v) is 2.59. The van der Waals surface area contributed by atoms with Gasteiger partial charge in [-0.25, -0.2) is 4.79 Å². The van der Waals surface area contributed by atoms with Crippen LogP contribution >= 0.6 is 11.8 Å². The molecule has 0 spiro atoms. The minimum absolute atomic E-state index is 0.373. The smallest absolute Gasteiger partial charge is 0.346 e. The monoisotopic (exact) mass is 187 g/mol. The van der Waals surface area contributed by atoms with E-state index < -0.39 is 0 Å². The third kappa shape index (κ3) is 1.79. The van der Waals surface area contributed by atoms with Gasteiger partial charge in [0, 0.05) is 11.4 Å². The number of methoxy groups -OCH3 is 1. The van der Waals surface area contributed by atoms with E-state index in [1.807, 2.05) is 0 Å². The summed E-state index contributed by atoms with van der Waals surface area (Å²) in [6.07, 6.45) is 1.29. The fourth-order valence-corrected chi connectivity index (χ4v) is 1.99. The predicted octanol–water partition coefficient (Wildman–Crippen LogP) is 0.254. The normalized spacial score (nSPS) is 16.1. The van der Waals surface area contributed by atoms with E-state index in [1.54, 1.807) is 0 Å². The molecule has 0 saturated carbocycles. The molecule has 0 atom stereocenters. The number of carbonyl (C=O) groups excluding carboxylic acids is 2.